The number of carbonyl (C=O) groups is 2. The first-order chi connectivity index (χ1) is 10.8. The van der Waals surface area contributed by atoms with Gasteiger partial charge in [0.15, 0.2) is 6.61 Å². The molecule has 3 rings (SSSR count). The molecule has 124 valence electrons. The van der Waals surface area contributed by atoms with Crippen LogP contribution in [-0.2, 0) is 4.79 Å². The van der Waals surface area contributed by atoms with Crippen molar-refractivity contribution < 1.29 is 27.5 Å². The molecular formula is C15H15F3N2O3. The number of anilines is 1. The minimum atomic E-state index is -4.29. The van der Waals surface area contributed by atoms with Crippen molar-refractivity contribution in [3.05, 3.63) is 23.8 Å². The SMILES string of the molecule is O=C1COc2cc(C(=O)N3CCC[C@@H](C(F)(F)F)C3)ccc2N1. The number of hydrogen-bond acceptors (Lipinski definition) is 3. The summed E-state index contributed by atoms with van der Waals surface area (Å²) in [5.41, 5.74) is 0.701. The zero-order chi connectivity index (χ0) is 16.6. The third kappa shape index (κ3) is 3.25. The van der Waals surface area contributed by atoms with E-state index in [0.717, 1.165) is 0 Å². The molecule has 8 heteroatoms. The van der Waals surface area contributed by atoms with Crippen molar-refractivity contribution in [3.8, 4) is 5.75 Å². The number of ether oxygens (including phenoxy) is 1. The van der Waals surface area contributed by atoms with Gasteiger partial charge in [-0.1, -0.05) is 0 Å². The summed E-state index contributed by atoms with van der Waals surface area (Å²) in [5, 5.41) is 2.59. The highest BCUT2D eigenvalue weighted by atomic mass is 19.4. The number of alkyl halides is 3. The van der Waals surface area contributed by atoms with E-state index in [1.165, 1.54) is 23.1 Å². The van der Waals surface area contributed by atoms with E-state index in [-0.39, 0.29) is 31.0 Å². The Morgan fingerprint density at radius 2 is 2.13 bits per heavy atom. The highest BCUT2D eigenvalue weighted by Crippen LogP contribution is 2.34. The zero-order valence-corrected chi connectivity index (χ0v) is 12.2. The van der Waals surface area contributed by atoms with Crippen LogP contribution in [0.5, 0.6) is 5.75 Å². The number of piperidine rings is 1. The summed E-state index contributed by atoms with van der Waals surface area (Å²) in [6, 6.07) is 4.45. The number of benzene rings is 1. The zero-order valence-electron chi connectivity index (χ0n) is 12.2. The van der Waals surface area contributed by atoms with Crippen molar-refractivity contribution in [3.63, 3.8) is 0 Å². The summed E-state index contributed by atoms with van der Waals surface area (Å²) >= 11 is 0. The number of halogens is 3. The fraction of sp³-hybridized carbons (Fsp3) is 0.467. The van der Waals surface area contributed by atoms with Crippen LogP contribution in [0.15, 0.2) is 18.2 Å². The van der Waals surface area contributed by atoms with Gasteiger partial charge in [-0.2, -0.15) is 13.2 Å². The molecule has 5 nitrogen and oxygen atoms in total. The molecule has 1 N–H and O–H groups in total. The Bertz CT molecular complexity index is 645. The molecule has 0 aliphatic carbocycles. The van der Waals surface area contributed by atoms with E-state index in [2.05, 4.69) is 5.32 Å². The Kier molecular flexibility index (Phi) is 3.91. The van der Waals surface area contributed by atoms with Crippen molar-refractivity contribution >= 4 is 17.5 Å². The van der Waals surface area contributed by atoms with E-state index in [9.17, 15) is 22.8 Å². The molecule has 0 bridgehead atoms. The second-order valence-corrected chi connectivity index (χ2v) is 5.68. The third-order valence-electron chi connectivity index (χ3n) is 4.03. The summed E-state index contributed by atoms with van der Waals surface area (Å²) in [5.74, 6) is -1.88. The maximum atomic E-state index is 12.8. The Labute approximate surface area is 130 Å². The number of nitrogens with one attached hydrogen (secondary N) is 1. The van der Waals surface area contributed by atoms with Crippen LogP contribution in [0.4, 0.5) is 18.9 Å². The molecule has 23 heavy (non-hydrogen) atoms. The second-order valence-electron chi connectivity index (χ2n) is 5.68. The van der Waals surface area contributed by atoms with Gasteiger partial charge in [0.25, 0.3) is 11.8 Å². The quantitative estimate of drug-likeness (QED) is 0.861. The normalized spacial score (nSPS) is 21.3. The van der Waals surface area contributed by atoms with Gasteiger partial charge < -0.3 is 15.0 Å². The topological polar surface area (TPSA) is 58.6 Å². The number of likely N-dealkylation sites (tertiary alicyclic amines) is 1. The molecule has 1 atom stereocenters. The molecule has 0 saturated carbocycles. The predicted molar refractivity (Wildman–Crippen MR) is 75.2 cm³/mol. The van der Waals surface area contributed by atoms with Gasteiger partial charge in [-0.25, -0.2) is 0 Å². The van der Waals surface area contributed by atoms with Gasteiger partial charge in [0, 0.05) is 18.7 Å². The largest absolute Gasteiger partial charge is 0.482 e. The summed E-state index contributed by atoms with van der Waals surface area (Å²) in [6.07, 6.45) is -3.91. The average molecular weight is 328 g/mol. The number of amides is 2. The fourth-order valence-electron chi connectivity index (χ4n) is 2.82. The molecule has 0 radical (unpaired) electrons. The van der Waals surface area contributed by atoms with Crippen LogP contribution < -0.4 is 10.1 Å². The number of nitrogens with zero attached hydrogens (tertiary/aromatic N) is 1. The lowest BCUT2D eigenvalue weighted by Gasteiger charge is -2.34. The molecule has 0 unspecified atom stereocenters. The Morgan fingerprint density at radius 1 is 1.35 bits per heavy atom. The van der Waals surface area contributed by atoms with Crippen molar-refractivity contribution in [2.45, 2.75) is 19.0 Å². The summed E-state index contributed by atoms with van der Waals surface area (Å²) in [4.78, 5) is 24.9. The average Bonchev–Trinajstić information content (AvgIpc) is 2.53. The monoisotopic (exact) mass is 328 g/mol. The van der Waals surface area contributed by atoms with Crippen LogP contribution in [0.2, 0.25) is 0 Å². The molecular weight excluding hydrogens is 313 g/mol. The summed E-state index contributed by atoms with van der Waals surface area (Å²) in [7, 11) is 0. The molecule has 0 aromatic heterocycles. The minimum Gasteiger partial charge on any atom is -0.482 e. The first-order valence-electron chi connectivity index (χ1n) is 7.27. The number of carbonyl (C=O) groups excluding carboxylic acids is 2. The van der Waals surface area contributed by atoms with Crippen LogP contribution in [0, 0.1) is 5.92 Å². The molecule has 2 heterocycles. The van der Waals surface area contributed by atoms with E-state index in [1.807, 2.05) is 0 Å². The van der Waals surface area contributed by atoms with E-state index in [4.69, 9.17) is 4.74 Å². The van der Waals surface area contributed by atoms with Crippen LogP contribution in [0.1, 0.15) is 23.2 Å². The van der Waals surface area contributed by atoms with Crippen molar-refractivity contribution in [2.75, 3.05) is 25.0 Å². The first-order valence-corrected chi connectivity index (χ1v) is 7.27. The minimum absolute atomic E-state index is 0.0482. The number of hydrogen-bond donors (Lipinski definition) is 1. The molecule has 2 aliphatic rings. The van der Waals surface area contributed by atoms with E-state index < -0.39 is 18.0 Å². The van der Waals surface area contributed by atoms with Gasteiger partial charge >= 0.3 is 6.18 Å². The number of rotatable bonds is 1. The summed E-state index contributed by atoms with van der Waals surface area (Å²) < 4.78 is 43.8. The lowest BCUT2D eigenvalue weighted by Crippen LogP contribution is -2.44. The Balaban J connectivity index is 1.77. The van der Waals surface area contributed by atoms with Crippen LogP contribution in [0.25, 0.3) is 0 Å². The van der Waals surface area contributed by atoms with E-state index in [0.29, 0.717) is 24.4 Å². The second kappa shape index (κ2) is 5.75. The van der Waals surface area contributed by atoms with E-state index >= 15 is 0 Å². The van der Waals surface area contributed by atoms with Crippen LogP contribution in [-0.4, -0.2) is 42.6 Å². The smallest absolute Gasteiger partial charge is 0.393 e. The summed E-state index contributed by atoms with van der Waals surface area (Å²) in [6.45, 7) is -0.165. The lowest BCUT2D eigenvalue weighted by atomic mass is 9.97. The first kappa shape index (κ1) is 15.6. The molecule has 1 saturated heterocycles. The third-order valence-corrected chi connectivity index (χ3v) is 4.03. The van der Waals surface area contributed by atoms with Gasteiger partial charge in [0.05, 0.1) is 11.6 Å². The maximum absolute atomic E-state index is 12.8. The van der Waals surface area contributed by atoms with Gasteiger partial charge in [0.2, 0.25) is 0 Å². The molecule has 1 fully saturated rings. The highest BCUT2D eigenvalue weighted by molar-refractivity contribution is 5.99. The Morgan fingerprint density at radius 3 is 2.87 bits per heavy atom. The molecule has 1 aromatic rings. The predicted octanol–water partition coefficient (Wildman–Crippen LogP) is 2.43. The van der Waals surface area contributed by atoms with Crippen LogP contribution >= 0.6 is 0 Å². The standard InChI is InChI=1S/C15H15F3N2O3/c16-15(17,18)10-2-1-5-20(7-10)14(22)9-3-4-11-12(6-9)23-8-13(21)19-11/h3-4,6,10H,1-2,5,7-8H2,(H,19,21)/t10-/m1/s1. The fourth-order valence-corrected chi connectivity index (χ4v) is 2.82. The molecule has 0 spiro atoms. The molecule has 2 aliphatic heterocycles. The molecule has 1 aromatic carbocycles. The van der Waals surface area contributed by atoms with Gasteiger partial charge in [-0.05, 0) is 31.0 Å². The van der Waals surface area contributed by atoms with Gasteiger partial charge in [-0.3, -0.25) is 9.59 Å². The van der Waals surface area contributed by atoms with Crippen molar-refractivity contribution in [1.29, 1.82) is 0 Å². The highest BCUT2D eigenvalue weighted by Gasteiger charge is 2.42. The van der Waals surface area contributed by atoms with Gasteiger partial charge in [-0.15, -0.1) is 0 Å². The van der Waals surface area contributed by atoms with Crippen molar-refractivity contribution in [2.24, 2.45) is 5.92 Å². The van der Waals surface area contributed by atoms with Crippen molar-refractivity contribution in [1.82, 2.24) is 4.90 Å². The number of fused-ring (bicyclic) bond motifs is 1. The Hall–Kier alpha value is -2.25. The molecule has 2 amide bonds. The maximum Gasteiger partial charge on any atom is 0.393 e. The van der Waals surface area contributed by atoms with Crippen LogP contribution in [0.3, 0.4) is 0 Å². The lowest BCUT2D eigenvalue weighted by molar-refractivity contribution is -0.184. The van der Waals surface area contributed by atoms with Gasteiger partial charge in [0.1, 0.15) is 5.75 Å². The van der Waals surface area contributed by atoms with E-state index in [1.54, 1.807) is 0 Å².